The zero-order valence-electron chi connectivity index (χ0n) is 14.6. The fourth-order valence-corrected chi connectivity index (χ4v) is 3.44. The minimum atomic E-state index is 0.401. The lowest BCUT2D eigenvalue weighted by Crippen LogP contribution is -2.33. The van der Waals surface area contributed by atoms with Crippen molar-refractivity contribution in [1.82, 2.24) is 24.8 Å². The Morgan fingerprint density at radius 2 is 1.88 bits per heavy atom. The first-order valence-electron chi connectivity index (χ1n) is 9.01. The van der Waals surface area contributed by atoms with E-state index in [4.69, 9.17) is 0 Å². The van der Waals surface area contributed by atoms with E-state index in [0.717, 1.165) is 25.3 Å². The molecule has 26 heavy (non-hydrogen) atoms. The van der Waals surface area contributed by atoms with Gasteiger partial charge in [-0.3, -0.25) is 9.88 Å². The first-order valence-corrected chi connectivity index (χ1v) is 9.01. The van der Waals surface area contributed by atoms with Gasteiger partial charge in [0.1, 0.15) is 5.82 Å². The first kappa shape index (κ1) is 16.6. The van der Waals surface area contributed by atoms with Crippen molar-refractivity contribution in [3.63, 3.8) is 0 Å². The van der Waals surface area contributed by atoms with Gasteiger partial charge in [-0.05, 0) is 48.7 Å². The van der Waals surface area contributed by atoms with Crippen LogP contribution in [0, 0.1) is 0 Å². The maximum atomic E-state index is 4.56. The summed E-state index contributed by atoms with van der Waals surface area (Å²) >= 11 is 0. The Hall–Kier alpha value is -2.86. The molecule has 4 rings (SSSR count). The molecule has 3 aromatic rings. The standard InChI is InChI=1S/C20H22N6/c1-2-12-26(15-16-5-3-9-21-13-16)18(6-1)17-7-8-19(24-14-17)25-20-22-10-4-11-23-20/h3-5,7-11,13-14,18H,1-2,6,12,15H2,(H,22,23,24,25). The monoisotopic (exact) mass is 346 g/mol. The quantitative estimate of drug-likeness (QED) is 0.759. The van der Waals surface area contributed by atoms with Crippen LogP contribution in [-0.4, -0.2) is 31.4 Å². The molecule has 3 aromatic heterocycles. The summed E-state index contributed by atoms with van der Waals surface area (Å²) in [5.74, 6) is 1.32. The minimum absolute atomic E-state index is 0.401. The topological polar surface area (TPSA) is 66.8 Å². The Kier molecular flexibility index (Phi) is 5.12. The lowest BCUT2D eigenvalue weighted by Gasteiger charge is -2.36. The summed E-state index contributed by atoms with van der Waals surface area (Å²) in [5, 5.41) is 3.13. The molecule has 4 heterocycles. The van der Waals surface area contributed by atoms with Crippen LogP contribution in [0.3, 0.4) is 0 Å². The summed E-state index contributed by atoms with van der Waals surface area (Å²) < 4.78 is 0. The van der Waals surface area contributed by atoms with Crippen molar-refractivity contribution in [2.75, 3.05) is 11.9 Å². The van der Waals surface area contributed by atoms with Crippen molar-refractivity contribution < 1.29 is 0 Å². The Morgan fingerprint density at radius 3 is 2.65 bits per heavy atom. The van der Waals surface area contributed by atoms with E-state index in [1.165, 1.54) is 24.0 Å². The van der Waals surface area contributed by atoms with Crippen LogP contribution < -0.4 is 5.32 Å². The van der Waals surface area contributed by atoms with Gasteiger partial charge in [-0.15, -0.1) is 0 Å². The van der Waals surface area contributed by atoms with Gasteiger partial charge in [0.15, 0.2) is 0 Å². The van der Waals surface area contributed by atoms with E-state index in [-0.39, 0.29) is 0 Å². The fraction of sp³-hybridized carbons (Fsp3) is 0.300. The maximum absolute atomic E-state index is 4.56. The van der Waals surface area contributed by atoms with Gasteiger partial charge >= 0.3 is 0 Å². The molecule has 0 radical (unpaired) electrons. The van der Waals surface area contributed by atoms with Gasteiger partial charge in [0.05, 0.1) is 0 Å². The molecule has 0 saturated carbocycles. The summed E-state index contributed by atoms with van der Waals surface area (Å²) in [5.41, 5.74) is 2.51. The van der Waals surface area contributed by atoms with E-state index in [1.54, 1.807) is 18.5 Å². The summed E-state index contributed by atoms with van der Waals surface area (Å²) in [6.45, 7) is 2.04. The number of nitrogens with zero attached hydrogens (tertiary/aromatic N) is 5. The number of likely N-dealkylation sites (tertiary alicyclic amines) is 1. The van der Waals surface area contributed by atoms with Gasteiger partial charge in [0.25, 0.3) is 0 Å². The van der Waals surface area contributed by atoms with E-state index < -0.39 is 0 Å². The van der Waals surface area contributed by atoms with Crippen molar-refractivity contribution in [3.05, 3.63) is 72.4 Å². The third-order valence-corrected chi connectivity index (χ3v) is 4.70. The molecule has 1 unspecified atom stereocenters. The third-order valence-electron chi connectivity index (χ3n) is 4.70. The molecular formula is C20H22N6. The van der Waals surface area contributed by atoms with Gasteiger partial charge in [0, 0.05) is 43.6 Å². The van der Waals surface area contributed by atoms with Gasteiger partial charge in [-0.2, -0.15) is 0 Å². The Morgan fingerprint density at radius 1 is 0.962 bits per heavy atom. The van der Waals surface area contributed by atoms with Crippen LogP contribution in [0.15, 0.2) is 61.3 Å². The summed E-state index contributed by atoms with van der Waals surface area (Å²) in [6, 6.07) is 10.5. The van der Waals surface area contributed by atoms with Crippen LogP contribution in [0.25, 0.3) is 0 Å². The molecule has 1 saturated heterocycles. The SMILES string of the molecule is c1cnc(Nc2ccc(C3CCCCN3Cc3cccnc3)cn2)nc1. The van der Waals surface area contributed by atoms with Crippen LogP contribution in [0.4, 0.5) is 11.8 Å². The van der Waals surface area contributed by atoms with E-state index in [0.29, 0.717) is 12.0 Å². The molecule has 1 N–H and O–H groups in total. The lowest BCUT2D eigenvalue weighted by molar-refractivity contribution is 0.140. The Labute approximate surface area is 153 Å². The molecule has 6 heteroatoms. The number of hydrogen-bond acceptors (Lipinski definition) is 6. The Bertz CT molecular complexity index is 807. The van der Waals surface area contributed by atoms with E-state index in [1.807, 2.05) is 30.7 Å². The molecule has 0 aromatic carbocycles. The number of aromatic nitrogens is 4. The molecule has 1 aliphatic rings. The highest BCUT2D eigenvalue weighted by Gasteiger charge is 2.24. The zero-order valence-corrected chi connectivity index (χ0v) is 14.6. The molecule has 0 aliphatic carbocycles. The third kappa shape index (κ3) is 4.03. The fourth-order valence-electron chi connectivity index (χ4n) is 3.44. The van der Waals surface area contributed by atoms with Gasteiger partial charge < -0.3 is 5.32 Å². The Balaban J connectivity index is 1.47. The normalized spacial score (nSPS) is 17.8. The smallest absolute Gasteiger partial charge is 0.228 e. The molecular weight excluding hydrogens is 324 g/mol. The predicted molar refractivity (Wildman–Crippen MR) is 101 cm³/mol. The molecule has 132 valence electrons. The largest absolute Gasteiger partial charge is 0.309 e. The molecule has 6 nitrogen and oxygen atoms in total. The van der Waals surface area contributed by atoms with Gasteiger partial charge in [-0.25, -0.2) is 15.0 Å². The highest BCUT2D eigenvalue weighted by molar-refractivity contribution is 5.47. The van der Waals surface area contributed by atoms with E-state index in [9.17, 15) is 0 Å². The second-order valence-electron chi connectivity index (χ2n) is 6.52. The van der Waals surface area contributed by atoms with Crippen molar-refractivity contribution in [3.8, 4) is 0 Å². The number of piperidine rings is 1. The van der Waals surface area contributed by atoms with Crippen molar-refractivity contribution in [2.24, 2.45) is 0 Å². The van der Waals surface area contributed by atoms with Crippen LogP contribution in [-0.2, 0) is 6.54 Å². The molecule has 0 bridgehead atoms. The van der Waals surface area contributed by atoms with Crippen molar-refractivity contribution >= 4 is 11.8 Å². The predicted octanol–water partition coefficient (Wildman–Crippen LogP) is 3.74. The number of anilines is 2. The van der Waals surface area contributed by atoms with Crippen LogP contribution in [0.1, 0.15) is 36.4 Å². The number of rotatable bonds is 5. The molecule has 0 spiro atoms. The van der Waals surface area contributed by atoms with Crippen LogP contribution in [0.2, 0.25) is 0 Å². The van der Waals surface area contributed by atoms with Crippen LogP contribution >= 0.6 is 0 Å². The minimum Gasteiger partial charge on any atom is -0.309 e. The highest BCUT2D eigenvalue weighted by Crippen LogP contribution is 2.32. The van der Waals surface area contributed by atoms with E-state index in [2.05, 4.69) is 42.3 Å². The van der Waals surface area contributed by atoms with E-state index >= 15 is 0 Å². The average Bonchev–Trinajstić information content (AvgIpc) is 2.71. The molecule has 1 aliphatic heterocycles. The lowest BCUT2D eigenvalue weighted by atomic mass is 9.96. The van der Waals surface area contributed by atoms with Crippen molar-refractivity contribution in [1.29, 1.82) is 0 Å². The maximum Gasteiger partial charge on any atom is 0.228 e. The summed E-state index contributed by atoms with van der Waals surface area (Å²) in [6.07, 6.45) is 12.8. The summed E-state index contributed by atoms with van der Waals surface area (Å²) in [4.78, 5) is 19.7. The summed E-state index contributed by atoms with van der Waals surface area (Å²) in [7, 11) is 0. The molecule has 1 fully saturated rings. The molecule has 1 atom stereocenters. The average molecular weight is 346 g/mol. The highest BCUT2D eigenvalue weighted by atomic mass is 15.2. The van der Waals surface area contributed by atoms with Gasteiger partial charge in [-0.1, -0.05) is 18.6 Å². The first-order chi connectivity index (χ1) is 12.9. The number of hydrogen-bond donors (Lipinski definition) is 1. The molecule has 0 amide bonds. The number of pyridine rings is 2. The van der Waals surface area contributed by atoms with Crippen LogP contribution in [0.5, 0.6) is 0 Å². The number of nitrogens with one attached hydrogen (secondary N) is 1. The second kappa shape index (κ2) is 8.01. The van der Waals surface area contributed by atoms with Crippen molar-refractivity contribution in [2.45, 2.75) is 31.8 Å². The zero-order chi connectivity index (χ0) is 17.6. The second-order valence-corrected chi connectivity index (χ2v) is 6.52. The van der Waals surface area contributed by atoms with Gasteiger partial charge in [0.2, 0.25) is 5.95 Å².